The molecule has 4 heteroatoms. The van der Waals surface area contributed by atoms with Gasteiger partial charge >= 0.3 is 0 Å². The van der Waals surface area contributed by atoms with Gasteiger partial charge in [0.05, 0.1) is 5.54 Å². The molecule has 4 nitrogen and oxygen atoms in total. The molecule has 0 amide bonds. The Hall–Kier alpha value is -3.14. The zero-order valence-corrected chi connectivity index (χ0v) is 14.2. The van der Waals surface area contributed by atoms with Crippen molar-refractivity contribution < 1.29 is 9.90 Å². The first-order valence-electron chi connectivity index (χ1n) is 8.09. The minimum atomic E-state index is -0.818. The fourth-order valence-electron chi connectivity index (χ4n) is 2.90. The van der Waals surface area contributed by atoms with Crippen LogP contribution in [-0.4, -0.2) is 21.4 Å². The van der Waals surface area contributed by atoms with Gasteiger partial charge in [-0.2, -0.15) is 0 Å². The lowest BCUT2D eigenvalue weighted by Gasteiger charge is -2.32. The lowest BCUT2D eigenvalue weighted by atomic mass is 9.82. The Morgan fingerprint density at radius 2 is 1.92 bits per heavy atom. The first-order chi connectivity index (χ1) is 12.0. The number of aliphatic hydroxyl groups is 1. The van der Waals surface area contributed by atoms with Crippen molar-refractivity contribution in [1.82, 2.24) is 10.3 Å². The first kappa shape index (κ1) is 16.7. The van der Waals surface area contributed by atoms with E-state index in [9.17, 15) is 9.90 Å². The van der Waals surface area contributed by atoms with Crippen molar-refractivity contribution in [2.24, 2.45) is 0 Å². The van der Waals surface area contributed by atoms with Crippen LogP contribution in [0, 0.1) is 6.92 Å². The Labute approximate surface area is 147 Å². The molecule has 0 saturated heterocycles. The summed E-state index contributed by atoms with van der Waals surface area (Å²) in [7, 11) is 0. The molecular formula is C21H20N2O2. The second-order valence-electron chi connectivity index (χ2n) is 6.20. The molecule has 1 atom stereocenters. The first-order valence-corrected chi connectivity index (χ1v) is 8.09. The minimum Gasteiger partial charge on any atom is -0.508 e. The average molecular weight is 332 g/mol. The fourth-order valence-corrected chi connectivity index (χ4v) is 2.90. The van der Waals surface area contributed by atoms with Crippen molar-refractivity contribution in [2.45, 2.75) is 19.4 Å². The van der Waals surface area contributed by atoms with Crippen molar-refractivity contribution in [3.05, 3.63) is 95.5 Å². The summed E-state index contributed by atoms with van der Waals surface area (Å²) >= 11 is 0. The van der Waals surface area contributed by atoms with Gasteiger partial charge in [0.15, 0.2) is 5.78 Å². The van der Waals surface area contributed by atoms with Crippen molar-refractivity contribution in [3.63, 3.8) is 0 Å². The van der Waals surface area contributed by atoms with Crippen LogP contribution in [0.5, 0.6) is 0 Å². The van der Waals surface area contributed by atoms with Crippen LogP contribution < -0.4 is 5.32 Å². The lowest BCUT2D eigenvalue weighted by molar-refractivity contribution is 0.102. The molecule has 1 aliphatic rings. The molecule has 2 heterocycles. The third kappa shape index (κ3) is 3.38. The predicted molar refractivity (Wildman–Crippen MR) is 99.1 cm³/mol. The molecule has 25 heavy (non-hydrogen) atoms. The molecule has 0 radical (unpaired) electrons. The maximum Gasteiger partial charge on any atom is 0.191 e. The Bertz CT molecular complexity index is 882. The third-order valence-electron chi connectivity index (χ3n) is 4.34. The smallest absolute Gasteiger partial charge is 0.191 e. The topological polar surface area (TPSA) is 62.2 Å². The normalized spacial score (nSPS) is 19.9. The maximum atomic E-state index is 13.1. The van der Waals surface area contributed by atoms with Gasteiger partial charge in [-0.3, -0.25) is 9.78 Å². The van der Waals surface area contributed by atoms with Gasteiger partial charge in [0.25, 0.3) is 0 Å². The van der Waals surface area contributed by atoms with Crippen molar-refractivity contribution in [1.29, 1.82) is 0 Å². The number of nitrogens with one attached hydrogen (secondary N) is 1. The highest BCUT2D eigenvalue weighted by Crippen LogP contribution is 2.29. The molecule has 3 rings (SSSR count). The van der Waals surface area contributed by atoms with Gasteiger partial charge in [-0.25, -0.2) is 0 Å². The van der Waals surface area contributed by atoms with Crippen LogP contribution in [0.25, 0.3) is 5.76 Å². The number of carbonyl (C=O) groups is 1. The number of benzene rings is 1. The van der Waals surface area contributed by atoms with Crippen molar-refractivity contribution in [2.75, 3.05) is 0 Å². The SMILES string of the molecule is Cc1ccccc1C(=O)C1=CC=CNC1(C)/C=C(\O)c1ccncc1. The summed E-state index contributed by atoms with van der Waals surface area (Å²) in [4.78, 5) is 17.0. The highest BCUT2D eigenvalue weighted by molar-refractivity contribution is 6.11. The Morgan fingerprint density at radius 1 is 1.20 bits per heavy atom. The van der Waals surface area contributed by atoms with Crippen molar-refractivity contribution >= 4 is 11.5 Å². The van der Waals surface area contributed by atoms with Crippen LogP contribution >= 0.6 is 0 Å². The number of nitrogens with zero attached hydrogens (tertiary/aromatic N) is 1. The number of aromatic nitrogens is 1. The lowest BCUT2D eigenvalue weighted by Crippen LogP contribution is -2.43. The van der Waals surface area contributed by atoms with E-state index in [1.54, 1.807) is 49.0 Å². The Kier molecular flexibility index (Phi) is 4.52. The van der Waals surface area contributed by atoms with Crippen LogP contribution in [0.4, 0.5) is 0 Å². The number of ketones is 1. The highest BCUT2D eigenvalue weighted by Gasteiger charge is 2.33. The summed E-state index contributed by atoms with van der Waals surface area (Å²) in [6.45, 7) is 3.79. The molecule has 1 aliphatic heterocycles. The van der Waals surface area contributed by atoms with Gasteiger partial charge in [-0.05, 0) is 49.9 Å². The number of aryl methyl sites for hydroxylation is 1. The number of aliphatic hydroxyl groups excluding tert-OH is 1. The minimum absolute atomic E-state index is 0.0590. The molecule has 0 fully saturated rings. The molecule has 2 aromatic rings. The van der Waals surface area contributed by atoms with Gasteiger partial charge in [0.1, 0.15) is 5.76 Å². The van der Waals surface area contributed by atoms with E-state index in [0.29, 0.717) is 16.7 Å². The van der Waals surface area contributed by atoms with Crippen LogP contribution in [0.1, 0.15) is 28.4 Å². The number of pyridine rings is 1. The number of rotatable bonds is 4. The highest BCUT2D eigenvalue weighted by atomic mass is 16.3. The number of carbonyl (C=O) groups excluding carboxylic acids is 1. The molecule has 0 saturated carbocycles. The van der Waals surface area contributed by atoms with E-state index in [1.807, 2.05) is 38.1 Å². The summed E-state index contributed by atoms with van der Waals surface area (Å²) in [5.74, 6) is 0.0346. The van der Waals surface area contributed by atoms with Gasteiger partial charge in [-0.15, -0.1) is 0 Å². The Balaban J connectivity index is 2.00. The van der Waals surface area contributed by atoms with Crippen LogP contribution in [0.15, 0.2) is 78.8 Å². The van der Waals surface area contributed by atoms with Crippen LogP contribution in [0.3, 0.4) is 0 Å². The number of allylic oxidation sites excluding steroid dienone is 2. The molecule has 0 aliphatic carbocycles. The van der Waals surface area contributed by atoms with E-state index < -0.39 is 5.54 Å². The predicted octanol–water partition coefficient (Wildman–Crippen LogP) is 3.97. The summed E-state index contributed by atoms with van der Waals surface area (Å²) < 4.78 is 0. The van der Waals surface area contributed by atoms with E-state index in [4.69, 9.17) is 0 Å². The molecule has 126 valence electrons. The monoisotopic (exact) mass is 332 g/mol. The zero-order chi connectivity index (χ0) is 17.9. The number of hydrogen-bond donors (Lipinski definition) is 2. The van der Waals surface area contributed by atoms with Gasteiger partial charge in [0, 0.05) is 29.1 Å². The zero-order valence-electron chi connectivity index (χ0n) is 14.2. The van der Waals surface area contributed by atoms with E-state index >= 15 is 0 Å². The number of Topliss-reactive ketones (excluding diaryl/α,β-unsaturated/α-hetero) is 1. The quantitative estimate of drug-likeness (QED) is 0.657. The van der Waals surface area contributed by atoms with Gasteiger partial charge in [-0.1, -0.05) is 30.3 Å². The summed E-state index contributed by atoms with van der Waals surface area (Å²) in [5, 5.41) is 13.7. The van der Waals surface area contributed by atoms with Crippen LogP contribution in [0.2, 0.25) is 0 Å². The largest absolute Gasteiger partial charge is 0.508 e. The summed E-state index contributed by atoms with van der Waals surface area (Å²) in [5.41, 5.74) is 1.99. The molecule has 1 unspecified atom stereocenters. The Morgan fingerprint density at radius 3 is 2.64 bits per heavy atom. The standard InChI is InChI=1S/C21H20N2O2/c1-15-6-3-4-7-17(15)20(25)18-8-5-11-23-21(18,2)14-19(24)16-9-12-22-13-10-16/h3-14,23-24H,1-2H3/b19-14-. The third-order valence-corrected chi connectivity index (χ3v) is 4.34. The fraction of sp³-hybridized carbons (Fsp3) is 0.143. The summed E-state index contributed by atoms with van der Waals surface area (Å²) in [6, 6.07) is 11.0. The number of dihydropyridines is 1. The molecule has 0 bridgehead atoms. The summed E-state index contributed by atoms with van der Waals surface area (Å²) in [6.07, 6.45) is 10.3. The maximum absolute atomic E-state index is 13.1. The van der Waals surface area contributed by atoms with Crippen LogP contribution in [-0.2, 0) is 0 Å². The average Bonchev–Trinajstić information content (AvgIpc) is 2.62. The van der Waals surface area contributed by atoms with E-state index in [1.165, 1.54) is 0 Å². The van der Waals surface area contributed by atoms with E-state index in [-0.39, 0.29) is 11.5 Å². The van der Waals surface area contributed by atoms with E-state index in [2.05, 4.69) is 10.3 Å². The van der Waals surface area contributed by atoms with Gasteiger partial charge < -0.3 is 10.4 Å². The second-order valence-corrected chi connectivity index (χ2v) is 6.20. The van der Waals surface area contributed by atoms with E-state index in [0.717, 1.165) is 5.56 Å². The molecular weight excluding hydrogens is 312 g/mol. The molecule has 1 aromatic heterocycles. The molecule has 0 spiro atoms. The number of hydrogen-bond acceptors (Lipinski definition) is 4. The molecule has 2 N–H and O–H groups in total. The second kappa shape index (κ2) is 6.77. The van der Waals surface area contributed by atoms with Gasteiger partial charge in [0.2, 0.25) is 0 Å². The van der Waals surface area contributed by atoms with Crippen molar-refractivity contribution in [3.8, 4) is 0 Å². The molecule has 1 aromatic carbocycles.